The molecule has 1 aromatic carbocycles. The van der Waals surface area contributed by atoms with E-state index in [1.807, 2.05) is 20.8 Å². The molecule has 0 radical (unpaired) electrons. The van der Waals surface area contributed by atoms with Crippen LogP contribution in [0.15, 0.2) is 18.2 Å². The number of hydrogen-bond donors (Lipinski definition) is 0. The fourth-order valence-corrected chi connectivity index (χ4v) is 2.59. The Kier molecular flexibility index (Phi) is 3.14. The van der Waals surface area contributed by atoms with Gasteiger partial charge in [-0.2, -0.15) is 0 Å². The maximum Gasteiger partial charge on any atom is 0.130 e. The van der Waals surface area contributed by atoms with Gasteiger partial charge in [-0.25, -0.2) is 4.39 Å². The van der Waals surface area contributed by atoms with Crippen molar-refractivity contribution in [3.05, 3.63) is 29.6 Å². The van der Waals surface area contributed by atoms with Gasteiger partial charge in [-0.1, -0.05) is 0 Å². The summed E-state index contributed by atoms with van der Waals surface area (Å²) in [6, 6.07) is 4.60. The predicted molar refractivity (Wildman–Crippen MR) is 69.4 cm³/mol. The van der Waals surface area contributed by atoms with E-state index < -0.39 is 0 Å². The summed E-state index contributed by atoms with van der Waals surface area (Å²) >= 11 is 0. The molecule has 1 aliphatic heterocycles. The van der Waals surface area contributed by atoms with Crippen LogP contribution < -0.4 is 4.74 Å². The van der Waals surface area contributed by atoms with Crippen LogP contribution in [0, 0.1) is 12.7 Å². The van der Waals surface area contributed by atoms with Crippen molar-refractivity contribution in [2.75, 3.05) is 0 Å². The highest BCUT2D eigenvalue weighted by atomic mass is 19.1. The molecule has 2 nitrogen and oxygen atoms in total. The number of halogens is 1. The Morgan fingerprint density at radius 2 is 1.94 bits per heavy atom. The average Bonchev–Trinajstić information content (AvgIpc) is 2.39. The molecule has 3 heteroatoms. The second kappa shape index (κ2) is 4.23. The first-order valence-electron chi connectivity index (χ1n) is 6.33. The van der Waals surface area contributed by atoms with Crippen molar-refractivity contribution in [1.29, 1.82) is 0 Å². The largest absolute Gasteiger partial charge is 0.487 e. The summed E-state index contributed by atoms with van der Waals surface area (Å²) in [5, 5.41) is 0. The highest BCUT2D eigenvalue weighted by Crippen LogP contribution is 2.39. The number of hydrogen-bond acceptors (Lipinski definition) is 2. The lowest BCUT2D eigenvalue weighted by molar-refractivity contribution is -0.0846. The summed E-state index contributed by atoms with van der Waals surface area (Å²) < 4.78 is 25.1. The first-order chi connectivity index (χ1) is 8.20. The predicted octanol–water partition coefficient (Wildman–Crippen LogP) is 3.86. The van der Waals surface area contributed by atoms with Gasteiger partial charge in [0.2, 0.25) is 0 Å². The van der Waals surface area contributed by atoms with Gasteiger partial charge in [0.1, 0.15) is 23.3 Å². The molecular weight excluding hydrogens is 231 g/mol. The lowest BCUT2D eigenvalue weighted by Crippen LogP contribution is -2.36. The molecule has 0 aliphatic carbocycles. The summed E-state index contributed by atoms with van der Waals surface area (Å²) in [6.07, 6.45) is 0.813. The van der Waals surface area contributed by atoms with Gasteiger partial charge in [0.05, 0.1) is 5.60 Å². The standard InChI is InChI=1S/C15H21FO2/c1-10-8-11(16)6-7-12(10)17-13-9-14(2,3)18-15(13,4)5/h6-8,13H,9H2,1-5H3. The van der Waals surface area contributed by atoms with E-state index in [0.717, 1.165) is 17.7 Å². The van der Waals surface area contributed by atoms with E-state index in [1.165, 1.54) is 12.1 Å². The van der Waals surface area contributed by atoms with Crippen LogP contribution in [0.2, 0.25) is 0 Å². The SMILES string of the molecule is Cc1cc(F)ccc1OC1CC(C)(C)OC1(C)C. The van der Waals surface area contributed by atoms with E-state index in [9.17, 15) is 4.39 Å². The minimum atomic E-state index is -0.329. The van der Waals surface area contributed by atoms with Crippen molar-refractivity contribution in [3.63, 3.8) is 0 Å². The maximum absolute atomic E-state index is 13.1. The zero-order valence-corrected chi connectivity index (χ0v) is 11.7. The number of benzene rings is 1. The zero-order valence-electron chi connectivity index (χ0n) is 11.7. The normalized spacial score (nSPS) is 25.1. The molecule has 1 aliphatic rings. The van der Waals surface area contributed by atoms with Crippen molar-refractivity contribution in [2.45, 2.75) is 58.3 Å². The molecule has 0 spiro atoms. The van der Waals surface area contributed by atoms with Gasteiger partial charge in [0, 0.05) is 6.42 Å². The summed E-state index contributed by atoms with van der Waals surface area (Å²) in [6.45, 7) is 10.0. The van der Waals surface area contributed by atoms with E-state index in [4.69, 9.17) is 9.47 Å². The zero-order chi connectivity index (χ0) is 13.6. The Hall–Kier alpha value is -1.09. The molecule has 100 valence electrons. The number of aryl methyl sites for hydroxylation is 1. The molecule has 2 rings (SSSR count). The van der Waals surface area contributed by atoms with Crippen LogP contribution >= 0.6 is 0 Å². The molecule has 1 atom stereocenters. The van der Waals surface area contributed by atoms with E-state index >= 15 is 0 Å². The Morgan fingerprint density at radius 3 is 2.44 bits per heavy atom. The van der Waals surface area contributed by atoms with E-state index in [2.05, 4.69) is 13.8 Å². The smallest absolute Gasteiger partial charge is 0.130 e. The first kappa shape index (κ1) is 13.3. The number of rotatable bonds is 2. The number of ether oxygens (including phenoxy) is 2. The van der Waals surface area contributed by atoms with Crippen LogP contribution in [0.25, 0.3) is 0 Å². The minimum Gasteiger partial charge on any atom is -0.487 e. The molecule has 0 aromatic heterocycles. The fourth-order valence-electron chi connectivity index (χ4n) is 2.59. The molecule has 18 heavy (non-hydrogen) atoms. The first-order valence-corrected chi connectivity index (χ1v) is 6.33. The van der Waals surface area contributed by atoms with Crippen LogP contribution in [0.3, 0.4) is 0 Å². The summed E-state index contributed by atoms with van der Waals surface area (Å²) in [4.78, 5) is 0. The lowest BCUT2D eigenvalue weighted by Gasteiger charge is -2.27. The molecule has 1 heterocycles. The van der Waals surface area contributed by atoms with Gasteiger partial charge in [0.25, 0.3) is 0 Å². The van der Waals surface area contributed by atoms with Gasteiger partial charge in [0.15, 0.2) is 0 Å². The second-order valence-electron chi connectivity index (χ2n) is 6.19. The third-order valence-corrected chi connectivity index (χ3v) is 3.40. The highest BCUT2D eigenvalue weighted by molar-refractivity contribution is 5.33. The van der Waals surface area contributed by atoms with Crippen molar-refractivity contribution in [2.24, 2.45) is 0 Å². The molecule has 0 N–H and O–H groups in total. The van der Waals surface area contributed by atoms with Gasteiger partial charge in [-0.15, -0.1) is 0 Å². The van der Waals surface area contributed by atoms with E-state index in [1.54, 1.807) is 6.07 Å². The fraction of sp³-hybridized carbons (Fsp3) is 0.600. The van der Waals surface area contributed by atoms with Crippen LogP contribution in [0.5, 0.6) is 5.75 Å². The molecule has 1 saturated heterocycles. The van der Waals surface area contributed by atoms with Crippen LogP contribution in [0.4, 0.5) is 4.39 Å². The van der Waals surface area contributed by atoms with E-state index in [-0.39, 0.29) is 23.1 Å². The summed E-state index contributed by atoms with van der Waals surface area (Å²) in [5.74, 6) is 0.498. The molecule has 0 bridgehead atoms. The van der Waals surface area contributed by atoms with Crippen LogP contribution in [0.1, 0.15) is 39.7 Å². The Morgan fingerprint density at radius 1 is 1.28 bits per heavy atom. The van der Waals surface area contributed by atoms with Gasteiger partial charge < -0.3 is 9.47 Å². The van der Waals surface area contributed by atoms with Gasteiger partial charge in [-0.3, -0.25) is 0 Å². The van der Waals surface area contributed by atoms with Crippen LogP contribution in [-0.4, -0.2) is 17.3 Å². The molecular formula is C15H21FO2. The highest BCUT2D eigenvalue weighted by Gasteiger charge is 2.47. The average molecular weight is 252 g/mol. The quantitative estimate of drug-likeness (QED) is 0.795. The Bertz CT molecular complexity index is 452. The third-order valence-electron chi connectivity index (χ3n) is 3.40. The monoisotopic (exact) mass is 252 g/mol. The van der Waals surface area contributed by atoms with Crippen molar-refractivity contribution in [3.8, 4) is 5.75 Å². The third kappa shape index (κ3) is 2.66. The van der Waals surface area contributed by atoms with Crippen molar-refractivity contribution in [1.82, 2.24) is 0 Å². The van der Waals surface area contributed by atoms with Crippen molar-refractivity contribution >= 4 is 0 Å². The van der Waals surface area contributed by atoms with Crippen molar-refractivity contribution < 1.29 is 13.9 Å². The van der Waals surface area contributed by atoms with E-state index in [0.29, 0.717) is 0 Å². The topological polar surface area (TPSA) is 18.5 Å². The Labute approximate surface area is 108 Å². The molecule has 1 fully saturated rings. The molecule has 0 saturated carbocycles. The lowest BCUT2D eigenvalue weighted by atomic mass is 9.97. The molecule has 0 amide bonds. The van der Waals surface area contributed by atoms with Crippen LogP contribution in [-0.2, 0) is 4.74 Å². The van der Waals surface area contributed by atoms with Gasteiger partial charge >= 0.3 is 0 Å². The molecule has 1 aromatic rings. The van der Waals surface area contributed by atoms with Gasteiger partial charge in [-0.05, 0) is 58.4 Å². The second-order valence-corrected chi connectivity index (χ2v) is 6.19. The maximum atomic E-state index is 13.1. The Balaban J connectivity index is 2.19. The molecule has 1 unspecified atom stereocenters. The summed E-state index contributed by atoms with van der Waals surface area (Å²) in [7, 11) is 0. The minimum absolute atomic E-state index is 0.0170. The summed E-state index contributed by atoms with van der Waals surface area (Å²) in [5.41, 5.74) is 0.308.